The fraction of sp³-hybridized carbons (Fsp3) is 0.308. The maximum atomic E-state index is 13.6. The third kappa shape index (κ3) is 4.65. The van der Waals surface area contributed by atoms with Crippen LogP contribution in [0.15, 0.2) is 64.4 Å². The Hall–Kier alpha value is -2.97. The number of amides is 1. The summed E-state index contributed by atoms with van der Waals surface area (Å²) in [5, 5.41) is 0. The number of aromatic nitrogens is 2. The highest BCUT2D eigenvalue weighted by molar-refractivity contribution is 8.26. The van der Waals surface area contributed by atoms with Crippen molar-refractivity contribution >= 4 is 51.7 Å². The molecule has 0 bridgehead atoms. The highest BCUT2D eigenvalue weighted by atomic mass is 32.2. The predicted octanol–water partition coefficient (Wildman–Crippen LogP) is 5.28. The first kappa shape index (κ1) is 24.2. The van der Waals surface area contributed by atoms with Gasteiger partial charge in [-0.15, -0.1) is 0 Å². The Kier molecular flexibility index (Phi) is 7.48. The lowest BCUT2D eigenvalue weighted by molar-refractivity contribution is -0.123. The van der Waals surface area contributed by atoms with E-state index in [0.717, 1.165) is 31.5 Å². The lowest BCUT2D eigenvalue weighted by Crippen LogP contribution is -2.32. The fourth-order valence-electron chi connectivity index (χ4n) is 4.15. The number of rotatable bonds is 8. The standard InChI is InChI=1S/C26H28N4O2S2/c1-4-14-28(15-5-2)23-20(24(31)29-16-10-9-13-22(29)27-23)17-21-25(32)30(26(33)34-21)18(3)19-11-7-6-8-12-19/h6-13,16-18H,4-5,14-15H2,1-3H3/b21-17-/t18-/m1/s1. The molecule has 1 saturated heterocycles. The molecule has 0 saturated carbocycles. The van der Waals surface area contributed by atoms with E-state index in [2.05, 4.69) is 18.7 Å². The number of anilines is 1. The number of pyridine rings is 1. The fourth-order valence-corrected chi connectivity index (χ4v) is 5.55. The first-order chi connectivity index (χ1) is 16.5. The average molecular weight is 493 g/mol. The summed E-state index contributed by atoms with van der Waals surface area (Å²) in [5.74, 6) is 0.425. The number of hydrogen-bond donors (Lipinski definition) is 0. The van der Waals surface area contributed by atoms with Gasteiger partial charge in [-0.3, -0.25) is 18.9 Å². The van der Waals surface area contributed by atoms with E-state index in [1.54, 1.807) is 23.2 Å². The molecule has 4 rings (SSSR count). The van der Waals surface area contributed by atoms with Crippen LogP contribution < -0.4 is 10.5 Å². The molecule has 2 aromatic heterocycles. The number of hydrogen-bond acceptors (Lipinski definition) is 6. The lowest BCUT2D eigenvalue weighted by atomic mass is 10.1. The van der Waals surface area contributed by atoms with Crippen molar-refractivity contribution in [1.29, 1.82) is 0 Å². The molecule has 1 aliphatic heterocycles. The monoisotopic (exact) mass is 492 g/mol. The quantitative estimate of drug-likeness (QED) is 0.315. The zero-order valence-electron chi connectivity index (χ0n) is 19.6. The van der Waals surface area contributed by atoms with Gasteiger partial charge in [0.1, 0.15) is 15.8 Å². The van der Waals surface area contributed by atoms with Crippen molar-refractivity contribution in [2.45, 2.75) is 39.7 Å². The SMILES string of the molecule is CCCN(CCC)c1nc2ccccn2c(=O)c1/C=C1\SC(=S)N([C@H](C)c2ccccc2)C1=O. The van der Waals surface area contributed by atoms with Gasteiger partial charge in [-0.25, -0.2) is 4.98 Å². The zero-order chi connectivity index (χ0) is 24.2. The Morgan fingerprint density at radius 1 is 1.06 bits per heavy atom. The lowest BCUT2D eigenvalue weighted by Gasteiger charge is -2.24. The Morgan fingerprint density at radius 3 is 2.41 bits per heavy atom. The molecule has 0 radical (unpaired) electrons. The summed E-state index contributed by atoms with van der Waals surface area (Å²) in [6.45, 7) is 7.72. The van der Waals surface area contributed by atoms with Crippen molar-refractivity contribution in [3.05, 3.63) is 81.1 Å². The van der Waals surface area contributed by atoms with Crippen molar-refractivity contribution < 1.29 is 4.79 Å². The highest BCUT2D eigenvalue weighted by Crippen LogP contribution is 2.38. The maximum Gasteiger partial charge on any atom is 0.267 e. The number of benzene rings is 1. The van der Waals surface area contributed by atoms with Gasteiger partial charge in [-0.1, -0.05) is 74.2 Å². The molecule has 1 fully saturated rings. The topological polar surface area (TPSA) is 57.9 Å². The summed E-state index contributed by atoms with van der Waals surface area (Å²) >= 11 is 6.82. The van der Waals surface area contributed by atoms with Gasteiger partial charge in [0.2, 0.25) is 0 Å². The summed E-state index contributed by atoms with van der Waals surface area (Å²) in [7, 11) is 0. The van der Waals surface area contributed by atoms with E-state index in [-0.39, 0.29) is 17.5 Å². The molecule has 1 aliphatic rings. The second-order valence-corrected chi connectivity index (χ2v) is 9.88. The van der Waals surface area contributed by atoms with Gasteiger partial charge >= 0.3 is 0 Å². The predicted molar refractivity (Wildman–Crippen MR) is 144 cm³/mol. The van der Waals surface area contributed by atoms with Crippen LogP contribution in [-0.2, 0) is 4.79 Å². The zero-order valence-corrected chi connectivity index (χ0v) is 21.2. The van der Waals surface area contributed by atoms with Crippen LogP contribution in [0.1, 0.15) is 50.8 Å². The summed E-state index contributed by atoms with van der Waals surface area (Å²) in [6, 6.07) is 15.1. The summed E-state index contributed by atoms with van der Waals surface area (Å²) in [6.07, 6.45) is 5.23. The summed E-state index contributed by atoms with van der Waals surface area (Å²) < 4.78 is 2.01. The van der Waals surface area contributed by atoms with Crippen LogP contribution in [0.25, 0.3) is 11.7 Å². The van der Waals surface area contributed by atoms with Crippen LogP contribution in [0.2, 0.25) is 0 Å². The smallest absolute Gasteiger partial charge is 0.267 e. The van der Waals surface area contributed by atoms with E-state index >= 15 is 0 Å². The van der Waals surface area contributed by atoms with Crippen molar-refractivity contribution in [2.24, 2.45) is 0 Å². The van der Waals surface area contributed by atoms with E-state index in [4.69, 9.17) is 17.2 Å². The van der Waals surface area contributed by atoms with Crippen LogP contribution in [0, 0.1) is 0 Å². The molecule has 0 N–H and O–H groups in total. The number of carbonyl (C=O) groups is 1. The number of fused-ring (bicyclic) bond motifs is 1. The third-order valence-electron chi connectivity index (χ3n) is 5.80. The number of thioether (sulfide) groups is 1. The maximum absolute atomic E-state index is 13.6. The molecule has 1 amide bonds. The molecule has 3 aromatic rings. The molecule has 1 aromatic carbocycles. The second kappa shape index (κ2) is 10.5. The molecule has 0 aliphatic carbocycles. The minimum absolute atomic E-state index is 0.188. The molecule has 176 valence electrons. The van der Waals surface area contributed by atoms with Gasteiger partial charge < -0.3 is 4.90 Å². The molecule has 3 heterocycles. The number of thiocarbonyl (C=S) groups is 1. The average Bonchev–Trinajstić information content (AvgIpc) is 3.13. The molecule has 0 spiro atoms. The van der Waals surface area contributed by atoms with E-state index < -0.39 is 0 Å². The van der Waals surface area contributed by atoms with Crippen molar-refractivity contribution in [3.8, 4) is 0 Å². The summed E-state index contributed by atoms with van der Waals surface area (Å²) in [4.78, 5) is 36.0. The van der Waals surface area contributed by atoms with Crippen LogP contribution in [0.5, 0.6) is 0 Å². The number of carbonyl (C=O) groups excluding carboxylic acids is 1. The van der Waals surface area contributed by atoms with Gasteiger partial charge in [0.05, 0.1) is 16.5 Å². The Bertz CT molecular complexity index is 1300. The van der Waals surface area contributed by atoms with Crippen molar-refractivity contribution in [1.82, 2.24) is 14.3 Å². The van der Waals surface area contributed by atoms with Gasteiger partial charge in [-0.05, 0) is 43.5 Å². The Balaban J connectivity index is 1.81. The Labute approximate surface area is 209 Å². The van der Waals surface area contributed by atoms with Gasteiger partial charge in [-0.2, -0.15) is 0 Å². The van der Waals surface area contributed by atoms with E-state index in [9.17, 15) is 9.59 Å². The minimum Gasteiger partial charge on any atom is -0.356 e. The molecule has 1 atom stereocenters. The van der Waals surface area contributed by atoms with Crippen LogP contribution in [-0.4, -0.2) is 37.6 Å². The Morgan fingerprint density at radius 2 is 1.74 bits per heavy atom. The van der Waals surface area contributed by atoms with Crippen molar-refractivity contribution in [3.63, 3.8) is 0 Å². The minimum atomic E-state index is -0.202. The summed E-state index contributed by atoms with van der Waals surface area (Å²) in [5.41, 5.74) is 1.81. The normalized spacial score (nSPS) is 16.0. The van der Waals surface area contributed by atoms with Gasteiger partial charge in [0, 0.05) is 19.3 Å². The second-order valence-electron chi connectivity index (χ2n) is 8.21. The van der Waals surface area contributed by atoms with Crippen LogP contribution in [0.3, 0.4) is 0 Å². The molecular formula is C26H28N4O2S2. The van der Waals surface area contributed by atoms with E-state index in [1.807, 2.05) is 49.4 Å². The molecule has 34 heavy (non-hydrogen) atoms. The van der Waals surface area contributed by atoms with E-state index in [0.29, 0.717) is 26.3 Å². The van der Waals surface area contributed by atoms with E-state index in [1.165, 1.54) is 16.2 Å². The largest absolute Gasteiger partial charge is 0.356 e. The molecule has 8 heteroatoms. The number of nitrogens with zero attached hydrogens (tertiary/aromatic N) is 4. The highest BCUT2D eigenvalue weighted by Gasteiger charge is 2.36. The first-order valence-corrected chi connectivity index (χ1v) is 12.8. The van der Waals surface area contributed by atoms with Gasteiger partial charge in [0.25, 0.3) is 11.5 Å². The van der Waals surface area contributed by atoms with Gasteiger partial charge in [0.15, 0.2) is 0 Å². The first-order valence-electron chi connectivity index (χ1n) is 11.5. The van der Waals surface area contributed by atoms with Crippen LogP contribution >= 0.6 is 24.0 Å². The van der Waals surface area contributed by atoms with Crippen molar-refractivity contribution in [2.75, 3.05) is 18.0 Å². The molecule has 0 unspecified atom stereocenters. The molecular weight excluding hydrogens is 464 g/mol. The molecule has 6 nitrogen and oxygen atoms in total. The van der Waals surface area contributed by atoms with Crippen LogP contribution in [0.4, 0.5) is 5.82 Å². The third-order valence-corrected chi connectivity index (χ3v) is 7.13.